The molecule has 2 rings (SSSR count). The maximum Gasteiger partial charge on any atom is 0.330 e. The molecular formula is C13H18N2O6. The lowest BCUT2D eigenvalue weighted by Gasteiger charge is -2.17. The van der Waals surface area contributed by atoms with Gasteiger partial charge in [-0.1, -0.05) is 0 Å². The molecule has 1 saturated heterocycles. The minimum absolute atomic E-state index is 0.196. The molecule has 0 bridgehead atoms. The van der Waals surface area contributed by atoms with Crippen molar-refractivity contribution in [3.05, 3.63) is 43.9 Å². The Balaban J connectivity index is 2.43. The number of hydrogen-bond acceptors (Lipinski definition) is 6. The van der Waals surface area contributed by atoms with Crippen molar-refractivity contribution in [3.8, 4) is 0 Å². The quantitative estimate of drug-likeness (QED) is 0.536. The van der Waals surface area contributed by atoms with Crippen molar-refractivity contribution >= 4 is 0 Å². The van der Waals surface area contributed by atoms with Gasteiger partial charge in [-0.05, 0) is 26.3 Å². The van der Waals surface area contributed by atoms with E-state index < -0.39 is 35.8 Å². The van der Waals surface area contributed by atoms with E-state index in [4.69, 9.17) is 4.74 Å². The van der Waals surface area contributed by atoms with Gasteiger partial charge in [0.25, 0.3) is 5.56 Å². The Kier molecular flexibility index (Phi) is 4.04. The Hall–Kier alpha value is -1.90. The number of hydrogen-bond donors (Lipinski definition) is 4. The van der Waals surface area contributed by atoms with Crippen LogP contribution in [0.25, 0.3) is 0 Å². The van der Waals surface area contributed by atoms with E-state index in [1.54, 1.807) is 13.8 Å². The van der Waals surface area contributed by atoms with Gasteiger partial charge in [-0.15, -0.1) is 0 Å². The van der Waals surface area contributed by atoms with Gasteiger partial charge in [0.15, 0.2) is 6.23 Å². The molecule has 4 N–H and O–H groups in total. The Bertz CT molecular complexity index is 685. The largest absolute Gasteiger partial charge is 0.510 e. The van der Waals surface area contributed by atoms with Crippen LogP contribution in [0.4, 0.5) is 0 Å². The summed E-state index contributed by atoms with van der Waals surface area (Å²) in [6, 6.07) is 0. The van der Waals surface area contributed by atoms with Crippen molar-refractivity contribution in [2.45, 2.75) is 45.3 Å². The van der Waals surface area contributed by atoms with Crippen molar-refractivity contribution in [1.29, 1.82) is 0 Å². The van der Waals surface area contributed by atoms with Crippen LogP contribution in [-0.4, -0.2) is 43.2 Å². The number of aromatic amines is 1. The molecule has 1 aromatic rings. The molecule has 0 spiro atoms. The SMILES string of the molecule is CC(C)=C(O)[C@H]1O[C@@H](n2cc(C)c(=O)[nH]c2=O)[C@H](O)[C@@H]1O. The molecule has 8 nitrogen and oxygen atoms in total. The van der Waals surface area contributed by atoms with E-state index in [2.05, 4.69) is 4.98 Å². The number of nitrogens with zero attached hydrogens (tertiary/aromatic N) is 1. The number of aromatic nitrogens is 2. The molecule has 21 heavy (non-hydrogen) atoms. The number of ether oxygens (including phenoxy) is 1. The third-order valence-corrected chi connectivity index (χ3v) is 3.44. The second kappa shape index (κ2) is 5.47. The maximum atomic E-state index is 11.8. The smallest absolute Gasteiger partial charge is 0.330 e. The fourth-order valence-electron chi connectivity index (χ4n) is 2.17. The normalized spacial score (nSPS) is 28.6. The van der Waals surface area contributed by atoms with Gasteiger partial charge in [-0.3, -0.25) is 14.3 Å². The van der Waals surface area contributed by atoms with Crippen molar-refractivity contribution < 1.29 is 20.1 Å². The summed E-state index contributed by atoms with van der Waals surface area (Å²) in [7, 11) is 0. The van der Waals surface area contributed by atoms with Gasteiger partial charge in [-0.2, -0.15) is 0 Å². The molecule has 0 amide bonds. The molecule has 0 unspecified atom stereocenters. The molecule has 1 aliphatic heterocycles. The summed E-state index contributed by atoms with van der Waals surface area (Å²) >= 11 is 0. The third-order valence-electron chi connectivity index (χ3n) is 3.44. The zero-order chi connectivity index (χ0) is 15.9. The maximum absolute atomic E-state index is 11.8. The monoisotopic (exact) mass is 298 g/mol. The van der Waals surface area contributed by atoms with Gasteiger partial charge >= 0.3 is 5.69 Å². The number of aryl methyl sites for hydroxylation is 1. The van der Waals surface area contributed by atoms with E-state index in [1.807, 2.05) is 0 Å². The lowest BCUT2D eigenvalue weighted by molar-refractivity contribution is -0.0394. The van der Waals surface area contributed by atoms with Crippen LogP contribution in [0.15, 0.2) is 27.1 Å². The lowest BCUT2D eigenvalue weighted by Crippen LogP contribution is -2.38. The summed E-state index contributed by atoms with van der Waals surface area (Å²) in [4.78, 5) is 25.2. The van der Waals surface area contributed by atoms with E-state index in [0.717, 1.165) is 4.57 Å². The van der Waals surface area contributed by atoms with Crippen LogP contribution in [0.3, 0.4) is 0 Å². The van der Waals surface area contributed by atoms with Crippen LogP contribution >= 0.6 is 0 Å². The first-order valence-corrected chi connectivity index (χ1v) is 6.44. The van der Waals surface area contributed by atoms with E-state index >= 15 is 0 Å². The minimum Gasteiger partial charge on any atom is -0.510 e. The van der Waals surface area contributed by atoms with Crippen LogP contribution in [0.2, 0.25) is 0 Å². The number of aliphatic hydroxyl groups excluding tert-OH is 3. The van der Waals surface area contributed by atoms with Gasteiger partial charge in [0.1, 0.15) is 24.1 Å². The molecule has 0 saturated carbocycles. The Morgan fingerprint density at radius 3 is 2.48 bits per heavy atom. The summed E-state index contributed by atoms with van der Waals surface area (Å²) in [5.74, 6) is -0.196. The van der Waals surface area contributed by atoms with Crippen LogP contribution in [0, 0.1) is 6.92 Å². The van der Waals surface area contributed by atoms with Crippen LogP contribution in [-0.2, 0) is 4.74 Å². The molecular weight excluding hydrogens is 280 g/mol. The first kappa shape index (κ1) is 15.5. The topological polar surface area (TPSA) is 125 Å². The van der Waals surface area contributed by atoms with E-state index in [9.17, 15) is 24.9 Å². The van der Waals surface area contributed by atoms with Crippen molar-refractivity contribution in [3.63, 3.8) is 0 Å². The molecule has 0 radical (unpaired) electrons. The van der Waals surface area contributed by atoms with Crippen LogP contribution in [0.5, 0.6) is 0 Å². The van der Waals surface area contributed by atoms with Gasteiger partial charge in [0, 0.05) is 11.8 Å². The molecule has 0 aromatic carbocycles. The molecule has 2 heterocycles. The molecule has 1 aliphatic rings. The fraction of sp³-hybridized carbons (Fsp3) is 0.538. The van der Waals surface area contributed by atoms with E-state index in [1.165, 1.54) is 13.1 Å². The predicted octanol–water partition coefficient (Wildman–Crippen LogP) is -0.684. The highest BCUT2D eigenvalue weighted by molar-refractivity contribution is 5.13. The molecule has 0 aliphatic carbocycles. The first-order valence-electron chi connectivity index (χ1n) is 6.44. The number of H-pyrrole nitrogens is 1. The Labute approximate surface area is 119 Å². The highest BCUT2D eigenvalue weighted by atomic mass is 16.6. The fourth-order valence-corrected chi connectivity index (χ4v) is 2.17. The average Bonchev–Trinajstić information content (AvgIpc) is 2.70. The highest BCUT2D eigenvalue weighted by Gasteiger charge is 2.46. The second-order valence-corrected chi connectivity index (χ2v) is 5.29. The molecule has 1 aromatic heterocycles. The van der Waals surface area contributed by atoms with Gasteiger partial charge < -0.3 is 20.1 Å². The van der Waals surface area contributed by atoms with E-state index in [0.29, 0.717) is 5.57 Å². The predicted molar refractivity (Wildman–Crippen MR) is 73.0 cm³/mol. The van der Waals surface area contributed by atoms with Crippen molar-refractivity contribution in [2.75, 3.05) is 0 Å². The summed E-state index contributed by atoms with van der Waals surface area (Å²) in [6.45, 7) is 4.75. The third kappa shape index (κ3) is 2.65. The zero-order valence-electron chi connectivity index (χ0n) is 11.9. The zero-order valence-corrected chi connectivity index (χ0v) is 11.9. The summed E-state index contributed by atoms with van der Waals surface area (Å²) < 4.78 is 6.39. The molecule has 4 atom stereocenters. The Morgan fingerprint density at radius 1 is 1.29 bits per heavy atom. The molecule has 8 heteroatoms. The Morgan fingerprint density at radius 2 is 1.90 bits per heavy atom. The lowest BCUT2D eigenvalue weighted by atomic mass is 10.1. The standard InChI is InChI=1S/C13H18N2O6/c1-5(2)7(16)10-8(17)9(18)12(21-10)15-4-6(3)11(19)14-13(15)20/h4,8-10,12,16-18H,1-3H3,(H,14,19,20)/t8-,9+,10+,12+/m0/s1. The van der Waals surface area contributed by atoms with Crippen molar-refractivity contribution in [2.24, 2.45) is 0 Å². The van der Waals surface area contributed by atoms with E-state index in [-0.39, 0.29) is 11.3 Å². The highest BCUT2D eigenvalue weighted by Crippen LogP contribution is 2.32. The van der Waals surface area contributed by atoms with Crippen LogP contribution < -0.4 is 11.2 Å². The van der Waals surface area contributed by atoms with Crippen molar-refractivity contribution in [1.82, 2.24) is 9.55 Å². The van der Waals surface area contributed by atoms with Gasteiger partial charge in [0.05, 0.1) is 0 Å². The van der Waals surface area contributed by atoms with Gasteiger partial charge in [-0.25, -0.2) is 4.79 Å². The van der Waals surface area contributed by atoms with Crippen LogP contribution in [0.1, 0.15) is 25.6 Å². The minimum atomic E-state index is -1.42. The summed E-state index contributed by atoms with van der Waals surface area (Å²) in [5.41, 5.74) is -0.515. The average molecular weight is 298 g/mol. The molecule has 116 valence electrons. The second-order valence-electron chi connectivity index (χ2n) is 5.29. The number of aliphatic hydroxyl groups is 3. The number of allylic oxidation sites excluding steroid dienone is 1. The molecule has 1 fully saturated rings. The summed E-state index contributed by atoms with van der Waals surface area (Å²) in [5, 5.41) is 29.9. The van der Waals surface area contributed by atoms with Gasteiger partial charge in [0.2, 0.25) is 0 Å². The number of rotatable bonds is 2. The number of nitrogens with one attached hydrogen (secondary N) is 1. The first-order chi connectivity index (χ1) is 9.73. The summed E-state index contributed by atoms with van der Waals surface area (Å²) in [6.07, 6.45) is -3.89.